The third kappa shape index (κ3) is 4.80. The van der Waals surface area contributed by atoms with Crippen molar-refractivity contribution < 1.29 is 22.8 Å². The molecule has 0 unspecified atom stereocenters. The lowest BCUT2D eigenvalue weighted by Crippen LogP contribution is -2.41. The smallest absolute Gasteiger partial charge is 0.244 e. The van der Waals surface area contributed by atoms with Gasteiger partial charge in [-0.1, -0.05) is 12.1 Å². The molecule has 180 valence electrons. The lowest BCUT2D eigenvalue weighted by molar-refractivity contribution is -0.121. The zero-order chi connectivity index (χ0) is 24.6. The maximum atomic E-state index is 13.4. The molecule has 2 aliphatic heterocycles. The number of halogens is 1. The Hall–Kier alpha value is -2.56. The normalized spacial score (nSPS) is 16.9. The van der Waals surface area contributed by atoms with E-state index in [2.05, 4.69) is 21.2 Å². The molecule has 0 atom stereocenters. The lowest BCUT2D eigenvalue weighted by Gasteiger charge is -2.31. The number of amides is 2. The van der Waals surface area contributed by atoms with Crippen LogP contribution in [0.15, 0.2) is 45.8 Å². The number of rotatable bonds is 5. The summed E-state index contributed by atoms with van der Waals surface area (Å²) in [6, 6.07) is 10.1. The monoisotopic (exact) mass is 547 g/mol. The molecule has 8 nitrogen and oxygen atoms in total. The van der Waals surface area contributed by atoms with Gasteiger partial charge in [0, 0.05) is 53.9 Å². The summed E-state index contributed by atoms with van der Waals surface area (Å²) < 4.78 is 28.7. The van der Waals surface area contributed by atoms with E-state index >= 15 is 0 Å². The lowest BCUT2D eigenvalue weighted by atomic mass is 9.97. The van der Waals surface area contributed by atoms with Gasteiger partial charge in [0.2, 0.25) is 21.8 Å². The van der Waals surface area contributed by atoms with E-state index in [1.165, 1.54) is 18.2 Å². The van der Waals surface area contributed by atoms with Crippen LogP contribution in [0.2, 0.25) is 0 Å². The van der Waals surface area contributed by atoms with Crippen molar-refractivity contribution >= 4 is 54.9 Å². The van der Waals surface area contributed by atoms with Crippen LogP contribution in [0.5, 0.6) is 0 Å². The Morgan fingerprint density at radius 1 is 1.03 bits per heavy atom. The Bertz CT molecular complexity index is 1270. The molecule has 4 rings (SSSR count). The average molecular weight is 548 g/mol. The number of piperidine rings is 1. The summed E-state index contributed by atoms with van der Waals surface area (Å²) in [5.74, 6) is -0.721. The van der Waals surface area contributed by atoms with Crippen LogP contribution in [0.3, 0.4) is 0 Å². The van der Waals surface area contributed by atoms with Crippen LogP contribution in [0.1, 0.15) is 42.6 Å². The van der Waals surface area contributed by atoms with Gasteiger partial charge in [0.15, 0.2) is 5.78 Å². The molecule has 0 radical (unpaired) electrons. The van der Waals surface area contributed by atoms with Gasteiger partial charge >= 0.3 is 0 Å². The van der Waals surface area contributed by atoms with Gasteiger partial charge in [0.25, 0.3) is 0 Å². The molecule has 0 bridgehead atoms. The highest BCUT2D eigenvalue weighted by Crippen LogP contribution is 2.37. The molecule has 2 amide bonds. The summed E-state index contributed by atoms with van der Waals surface area (Å²) in [5.41, 5.74) is 2.63. The molecule has 34 heavy (non-hydrogen) atoms. The predicted octanol–water partition coefficient (Wildman–Crippen LogP) is 3.60. The number of ketones is 1. The van der Waals surface area contributed by atoms with E-state index in [9.17, 15) is 22.8 Å². The quantitative estimate of drug-likeness (QED) is 0.576. The number of carbonyl (C=O) groups excluding carboxylic acids is 3. The van der Waals surface area contributed by atoms with E-state index in [1.807, 2.05) is 0 Å². The number of Topliss-reactive ketones (excluding diaryl/α,β-unsaturated/α-hetero) is 1. The number of benzene rings is 2. The fraction of sp³-hybridized carbons (Fsp3) is 0.375. The summed E-state index contributed by atoms with van der Waals surface area (Å²) in [5, 5.41) is 2.84. The van der Waals surface area contributed by atoms with Crippen LogP contribution in [-0.4, -0.2) is 50.0 Å². The maximum Gasteiger partial charge on any atom is 0.244 e. The van der Waals surface area contributed by atoms with Crippen molar-refractivity contribution in [3.05, 3.63) is 52.0 Å². The van der Waals surface area contributed by atoms with Crippen LogP contribution in [0.4, 0.5) is 11.4 Å². The highest BCUT2D eigenvalue weighted by atomic mass is 79.9. The first-order valence-electron chi connectivity index (χ1n) is 11.1. The van der Waals surface area contributed by atoms with E-state index in [4.69, 9.17) is 0 Å². The third-order valence-electron chi connectivity index (χ3n) is 6.39. The minimum Gasteiger partial charge on any atom is -0.326 e. The van der Waals surface area contributed by atoms with E-state index in [-0.39, 0.29) is 41.5 Å². The number of anilines is 2. The highest BCUT2D eigenvalue weighted by molar-refractivity contribution is 9.10. The summed E-state index contributed by atoms with van der Waals surface area (Å²) in [6.07, 6.45) is 1.46. The van der Waals surface area contributed by atoms with Gasteiger partial charge in [-0.15, -0.1) is 0 Å². The first-order valence-corrected chi connectivity index (χ1v) is 13.3. The number of carbonyl (C=O) groups is 3. The van der Waals surface area contributed by atoms with E-state index < -0.39 is 10.0 Å². The fourth-order valence-corrected chi connectivity index (χ4v) is 7.01. The maximum absolute atomic E-state index is 13.4. The summed E-state index contributed by atoms with van der Waals surface area (Å²) in [6.45, 7) is 3.91. The molecule has 2 heterocycles. The van der Waals surface area contributed by atoms with Crippen molar-refractivity contribution in [2.75, 3.05) is 29.9 Å². The van der Waals surface area contributed by atoms with Crippen molar-refractivity contribution in [3.63, 3.8) is 0 Å². The van der Waals surface area contributed by atoms with Crippen LogP contribution in [-0.2, 0) is 26.0 Å². The molecule has 2 aromatic rings. The molecule has 2 aliphatic rings. The second-order valence-corrected chi connectivity index (χ2v) is 11.4. The molecular weight excluding hydrogens is 522 g/mol. The molecule has 10 heteroatoms. The zero-order valence-electron chi connectivity index (χ0n) is 19.0. The fourth-order valence-electron chi connectivity index (χ4n) is 4.47. The second-order valence-electron chi connectivity index (χ2n) is 8.64. The topological polar surface area (TPSA) is 104 Å². The van der Waals surface area contributed by atoms with Gasteiger partial charge in [-0.2, -0.15) is 4.31 Å². The number of hydrogen-bond acceptors (Lipinski definition) is 5. The van der Waals surface area contributed by atoms with Crippen molar-refractivity contribution in [2.24, 2.45) is 5.92 Å². The average Bonchev–Trinajstić information content (AvgIpc) is 3.21. The standard InChI is InChI=1S/C24H26BrN3O5S/c1-15(29)18-4-3-5-20(12-18)26-24(31)17-6-9-27(10-7-17)34(32,33)23-14-22-19(13-21(23)25)8-11-28(22)16(2)30/h3-5,12-14,17H,6-11H2,1-2H3,(H,26,31). The minimum absolute atomic E-state index is 0.0845. The number of sulfonamides is 1. The first kappa shape index (κ1) is 24.6. The number of nitrogens with zero attached hydrogens (tertiary/aromatic N) is 2. The van der Waals surface area contributed by atoms with Gasteiger partial charge in [-0.3, -0.25) is 14.4 Å². The summed E-state index contributed by atoms with van der Waals surface area (Å²) in [7, 11) is -3.81. The molecule has 1 fully saturated rings. The van der Waals surface area contributed by atoms with E-state index in [0.29, 0.717) is 47.2 Å². The van der Waals surface area contributed by atoms with Gasteiger partial charge < -0.3 is 10.2 Å². The molecule has 0 aromatic heterocycles. The van der Waals surface area contributed by atoms with Gasteiger partial charge in [0.05, 0.1) is 4.90 Å². The highest BCUT2D eigenvalue weighted by Gasteiger charge is 2.35. The Labute approximate surface area is 207 Å². The van der Waals surface area contributed by atoms with Gasteiger partial charge in [-0.05, 0) is 71.9 Å². The predicted molar refractivity (Wildman–Crippen MR) is 132 cm³/mol. The Morgan fingerprint density at radius 2 is 1.74 bits per heavy atom. The van der Waals surface area contributed by atoms with Crippen LogP contribution in [0.25, 0.3) is 0 Å². The molecular formula is C24H26BrN3O5S. The van der Waals surface area contributed by atoms with E-state index in [1.54, 1.807) is 41.3 Å². The number of nitrogens with one attached hydrogen (secondary N) is 1. The van der Waals surface area contributed by atoms with Crippen molar-refractivity contribution in [1.29, 1.82) is 0 Å². The molecule has 1 N–H and O–H groups in total. The SMILES string of the molecule is CC(=O)c1cccc(NC(=O)C2CCN(S(=O)(=O)c3cc4c(cc3Br)CCN4C(C)=O)CC2)c1. The molecule has 0 aliphatic carbocycles. The van der Waals surface area contributed by atoms with Crippen molar-refractivity contribution in [1.82, 2.24) is 4.31 Å². The first-order chi connectivity index (χ1) is 16.1. The Morgan fingerprint density at radius 3 is 2.38 bits per heavy atom. The van der Waals surface area contributed by atoms with E-state index in [0.717, 1.165) is 5.56 Å². The molecule has 0 spiro atoms. The molecule has 1 saturated heterocycles. The largest absolute Gasteiger partial charge is 0.326 e. The summed E-state index contributed by atoms with van der Waals surface area (Å²) in [4.78, 5) is 38.0. The van der Waals surface area contributed by atoms with Crippen LogP contribution < -0.4 is 10.2 Å². The van der Waals surface area contributed by atoms with Crippen molar-refractivity contribution in [3.8, 4) is 0 Å². The number of hydrogen-bond donors (Lipinski definition) is 1. The second kappa shape index (κ2) is 9.59. The van der Waals surface area contributed by atoms with Gasteiger partial charge in [0.1, 0.15) is 0 Å². The Balaban J connectivity index is 1.45. The number of fused-ring (bicyclic) bond motifs is 1. The minimum atomic E-state index is -3.81. The van der Waals surface area contributed by atoms with Gasteiger partial charge in [-0.25, -0.2) is 8.42 Å². The summed E-state index contributed by atoms with van der Waals surface area (Å²) >= 11 is 3.40. The molecule has 0 saturated carbocycles. The third-order valence-corrected chi connectivity index (χ3v) is 9.25. The Kier molecular flexibility index (Phi) is 6.93. The van der Waals surface area contributed by atoms with Crippen molar-refractivity contribution in [2.45, 2.75) is 38.0 Å². The molecule has 2 aromatic carbocycles. The van der Waals surface area contributed by atoms with Crippen LogP contribution >= 0.6 is 15.9 Å². The van der Waals surface area contributed by atoms with Crippen LogP contribution in [0, 0.1) is 5.92 Å². The zero-order valence-corrected chi connectivity index (χ0v) is 21.4.